The first-order valence-electron chi connectivity index (χ1n) is 31.8. The van der Waals surface area contributed by atoms with Crippen LogP contribution in [0.2, 0.25) is 0 Å². The smallest absolute Gasteiger partial charge is 0.269 e. The third-order valence-corrected chi connectivity index (χ3v) is 18.4. The van der Waals surface area contributed by atoms with Crippen LogP contribution in [0.1, 0.15) is 0 Å². The largest absolute Gasteiger partial charge is 0.462 e. The van der Waals surface area contributed by atoms with Gasteiger partial charge >= 0.3 is 0 Å². The van der Waals surface area contributed by atoms with Gasteiger partial charge in [-0.2, -0.15) is 0 Å². The maximum Gasteiger partial charge on any atom is 0.269 e. The van der Waals surface area contributed by atoms with Gasteiger partial charge in [0.25, 0.3) is 5.69 Å². The molecule has 21 N–H and O–H groups in total. The summed E-state index contributed by atoms with van der Waals surface area (Å²) in [4.78, 5) is 10.3. The Balaban J connectivity index is 0.562. The van der Waals surface area contributed by atoms with Crippen LogP contribution in [0.15, 0.2) is 24.3 Å². The van der Waals surface area contributed by atoms with E-state index in [4.69, 9.17) is 94.7 Å². The van der Waals surface area contributed by atoms with Crippen LogP contribution in [-0.2, 0) is 90.0 Å². The molecule has 40 unspecified atom stereocenters. The van der Waals surface area contributed by atoms with E-state index in [1.165, 1.54) is 12.1 Å². The number of hydrogen-bond donors (Lipinski definition) is 21. The molecule has 0 amide bonds. The van der Waals surface area contributed by atoms with Crippen LogP contribution < -0.4 is 4.74 Å². The Morgan fingerprint density at radius 2 is 0.420 bits per heavy atom. The molecule has 10 aliphatic heterocycles. The molecular weight excluding hydrogens is 1370 g/mol. The molecule has 572 valence electrons. The Bertz CT molecular complexity index is 2730. The molecule has 44 heteroatoms. The van der Waals surface area contributed by atoms with Gasteiger partial charge in [0.2, 0.25) is 6.29 Å². The van der Waals surface area contributed by atoms with Gasteiger partial charge in [-0.3, -0.25) is 10.1 Å². The van der Waals surface area contributed by atoms with E-state index in [1.807, 2.05) is 0 Å². The van der Waals surface area contributed by atoms with Gasteiger partial charge < -0.3 is 202 Å². The zero-order valence-electron chi connectivity index (χ0n) is 52.3. The number of nitro benzene ring substituents is 1. The molecule has 1 aromatic rings. The standard InChI is InChI=1S/C56H85NO43/c58-17-5-81-48(37(69)27(17)59)92-19-7-83-50(39(71)29(19)61)94-21-9-85-52(41(73)31(21)63)96-23-11-87-54(43(75)33(23)65)98-25-13-89-56(45(77)35(25)67)100-26-14-90-55(46(78)36(26)68)99-24-12-88-53(44(76)34(24)66)97-22-10-86-51(42(74)32(22)64)95-20-8-84-49(40(72)30(20)62)93-18-6-82-47(38(70)28(18)60)91-16-3-1-15(2-4-16)57(79)80/h1-4,17-56,58-78H,5-14H2. The molecule has 10 saturated heterocycles. The first kappa shape index (κ1) is 77.9. The number of nitro groups is 1. The Morgan fingerprint density at radius 1 is 0.250 bits per heavy atom. The second-order valence-electron chi connectivity index (χ2n) is 25.3. The lowest BCUT2D eigenvalue weighted by atomic mass is 10.0. The SMILES string of the molecule is O=[N+]([O-])c1ccc(OC2OCC(OC3OCC(OC4OCC(OC5OCC(OC6OCC(OC7OCC(OC8OCC(OC9OCC(OC%10OCC(OC%11OCC(O)C(O)C%11O)C(O)C%10O)C(O)C9O)C(O)C8O)C(O)C7O)C(O)C6O)C(O)C5O)C(O)C4O)C(O)C3O)C(O)C2O)cc1. The van der Waals surface area contributed by atoms with E-state index in [-0.39, 0.29) is 11.4 Å². The van der Waals surface area contributed by atoms with E-state index in [9.17, 15) is 117 Å². The lowest BCUT2D eigenvalue weighted by Crippen LogP contribution is -2.64. The summed E-state index contributed by atoms with van der Waals surface area (Å²) < 4.78 is 111. The van der Waals surface area contributed by atoms with Crippen molar-refractivity contribution in [1.29, 1.82) is 0 Å². The molecule has 10 heterocycles. The van der Waals surface area contributed by atoms with Crippen molar-refractivity contribution in [2.45, 2.75) is 246 Å². The van der Waals surface area contributed by atoms with E-state index in [0.717, 1.165) is 12.1 Å². The van der Waals surface area contributed by atoms with Gasteiger partial charge in [-0.15, -0.1) is 0 Å². The second kappa shape index (κ2) is 33.7. The predicted octanol–water partition coefficient (Wildman–Crippen LogP) is -14.4. The highest BCUT2D eigenvalue weighted by molar-refractivity contribution is 5.36. The van der Waals surface area contributed by atoms with Gasteiger partial charge in [-0.25, -0.2) is 0 Å². The zero-order chi connectivity index (χ0) is 71.9. The monoisotopic (exact) mass is 1460 g/mol. The first-order valence-corrected chi connectivity index (χ1v) is 31.8. The minimum absolute atomic E-state index is 0.0781. The highest BCUT2D eigenvalue weighted by atomic mass is 16.8. The number of nitrogens with zero attached hydrogens (tertiary/aromatic N) is 1. The summed E-state index contributed by atoms with van der Waals surface area (Å²) in [6, 6.07) is 4.82. The van der Waals surface area contributed by atoms with Crippen molar-refractivity contribution in [1.82, 2.24) is 0 Å². The topological polar surface area (TPSA) is 653 Å². The third kappa shape index (κ3) is 17.1. The number of rotatable bonds is 21. The minimum Gasteiger partial charge on any atom is -0.462 e. The number of aliphatic hydroxyl groups excluding tert-OH is 21. The molecule has 0 spiro atoms. The minimum atomic E-state index is -1.95. The van der Waals surface area contributed by atoms with Gasteiger partial charge in [0.1, 0.15) is 189 Å². The second-order valence-corrected chi connectivity index (χ2v) is 25.3. The van der Waals surface area contributed by atoms with Crippen molar-refractivity contribution >= 4 is 5.69 Å². The average Bonchev–Trinajstić information content (AvgIpc) is 0.808. The highest BCUT2D eigenvalue weighted by Gasteiger charge is 2.55. The molecule has 44 nitrogen and oxygen atoms in total. The van der Waals surface area contributed by atoms with Crippen molar-refractivity contribution in [2.24, 2.45) is 0 Å². The molecule has 0 aromatic heterocycles. The molecular formula is C56H85NO43. The summed E-state index contributed by atoms with van der Waals surface area (Å²) in [6.07, 6.45) is -67.3. The summed E-state index contributed by atoms with van der Waals surface area (Å²) in [5, 5.41) is 238. The summed E-state index contributed by atoms with van der Waals surface area (Å²) in [5.41, 5.74) is -0.220. The van der Waals surface area contributed by atoms with Crippen molar-refractivity contribution in [3.05, 3.63) is 34.4 Å². The van der Waals surface area contributed by atoms with Crippen LogP contribution in [-0.4, -0.2) is 424 Å². The van der Waals surface area contributed by atoms with Crippen LogP contribution in [0.25, 0.3) is 0 Å². The van der Waals surface area contributed by atoms with E-state index in [2.05, 4.69) is 0 Å². The third-order valence-electron chi connectivity index (χ3n) is 18.4. The Morgan fingerprint density at radius 3 is 0.620 bits per heavy atom. The molecule has 10 aliphatic rings. The molecule has 1 aromatic carbocycles. The number of benzene rings is 1. The summed E-state index contributed by atoms with van der Waals surface area (Å²) >= 11 is 0. The fourth-order valence-corrected chi connectivity index (χ4v) is 12.3. The van der Waals surface area contributed by atoms with Crippen molar-refractivity contribution in [3.8, 4) is 5.75 Å². The van der Waals surface area contributed by atoms with Crippen LogP contribution in [0.3, 0.4) is 0 Å². The molecule has 100 heavy (non-hydrogen) atoms. The zero-order valence-corrected chi connectivity index (χ0v) is 52.3. The quantitative estimate of drug-likeness (QED) is 0.0401. The van der Waals surface area contributed by atoms with Crippen molar-refractivity contribution in [2.75, 3.05) is 66.1 Å². The van der Waals surface area contributed by atoms with E-state index in [1.54, 1.807) is 0 Å². The maximum atomic E-state index is 11.1. The van der Waals surface area contributed by atoms with Crippen molar-refractivity contribution < 1.29 is 207 Å². The summed E-state index contributed by atoms with van der Waals surface area (Å²) in [5.74, 6) is 0.0781. The van der Waals surface area contributed by atoms with E-state index < -0.39 is 317 Å². The Labute approximate surface area is 563 Å². The number of non-ortho nitro benzene ring substituents is 1. The maximum absolute atomic E-state index is 11.1. The van der Waals surface area contributed by atoms with E-state index >= 15 is 0 Å². The Hall–Kier alpha value is -3.18. The normalized spacial score (nSPS) is 50.7. The number of hydrogen-bond acceptors (Lipinski definition) is 43. The number of ether oxygens (including phenoxy) is 20. The molecule has 11 rings (SSSR count). The molecule has 0 saturated carbocycles. The highest BCUT2D eigenvalue weighted by Crippen LogP contribution is 2.35. The predicted molar refractivity (Wildman–Crippen MR) is 301 cm³/mol. The summed E-state index contributed by atoms with van der Waals surface area (Å²) in [6.45, 7) is -5.15. The van der Waals surface area contributed by atoms with Gasteiger partial charge in [-0.1, -0.05) is 0 Å². The lowest BCUT2D eigenvalue weighted by molar-refractivity contribution is -0.384. The van der Waals surface area contributed by atoms with Crippen LogP contribution in [0.4, 0.5) is 5.69 Å². The van der Waals surface area contributed by atoms with Gasteiger partial charge in [0, 0.05) is 12.1 Å². The molecule has 0 aliphatic carbocycles. The fourth-order valence-electron chi connectivity index (χ4n) is 12.3. The number of aliphatic hydroxyl groups is 21. The van der Waals surface area contributed by atoms with Crippen LogP contribution in [0.5, 0.6) is 5.75 Å². The molecule has 10 fully saturated rings. The Kier molecular flexibility index (Phi) is 26.3. The molecule has 0 radical (unpaired) electrons. The molecule has 40 atom stereocenters. The lowest BCUT2D eigenvalue weighted by Gasteiger charge is -2.46. The molecule has 0 bridgehead atoms. The summed E-state index contributed by atoms with van der Waals surface area (Å²) in [7, 11) is 0. The van der Waals surface area contributed by atoms with Crippen molar-refractivity contribution in [3.63, 3.8) is 0 Å². The van der Waals surface area contributed by atoms with Gasteiger partial charge in [-0.05, 0) is 12.1 Å². The average molecular weight is 1460 g/mol. The first-order chi connectivity index (χ1) is 47.6. The van der Waals surface area contributed by atoms with Crippen LogP contribution in [0, 0.1) is 10.1 Å². The fraction of sp³-hybridized carbons (Fsp3) is 0.893. The van der Waals surface area contributed by atoms with E-state index in [0.29, 0.717) is 0 Å². The van der Waals surface area contributed by atoms with Gasteiger partial charge in [0.15, 0.2) is 56.6 Å². The van der Waals surface area contributed by atoms with Gasteiger partial charge in [0.05, 0.1) is 71.0 Å². The van der Waals surface area contributed by atoms with Crippen LogP contribution >= 0.6 is 0 Å².